The number of benzene rings is 1. The smallest absolute Gasteiger partial charge is 0.437 e. The largest absolute Gasteiger partial charge is 0.492 e. The average molecular weight is 520 g/mol. The van der Waals surface area contributed by atoms with Crippen LogP contribution in [0.1, 0.15) is 55.7 Å². The Morgan fingerprint density at radius 3 is 2.51 bits per heavy atom. The molecular weight excluding hydrogens is 491 g/mol. The molecule has 0 spiro atoms. The highest BCUT2D eigenvalue weighted by Gasteiger charge is 2.39. The van der Waals surface area contributed by atoms with Crippen molar-refractivity contribution in [2.45, 2.75) is 59.0 Å². The summed E-state index contributed by atoms with van der Waals surface area (Å²) in [7, 11) is 1.70. The molecular formula is C25H28F3N5O4. The minimum absolute atomic E-state index is 0.0772. The topological polar surface area (TPSA) is 92.6 Å². The molecule has 0 saturated carbocycles. The van der Waals surface area contributed by atoms with Gasteiger partial charge in [0.05, 0.1) is 18.7 Å². The summed E-state index contributed by atoms with van der Waals surface area (Å²) in [5, 5.41) is 3.71. The third kappa shape index (κ3) is 5.62. The van der Waals surface area contributed by atoms with E-state index in [4.69, 9.17) is 9.47 Å². The number of carbonyl (C=O) groups excluding carboxylic acids is 2. The highest BCUT2D eigenvalue weighted by Crippen LogP contribution is 2.43. The zero-order valence-electron chi connectivity index (χ0n) is 21.2. The third-order valence-electron chi connectivity index (χ3n) is 5.65. The third-order valence-corrected chi connectivity index (χ3v) is 5.65. The number of rotatable bonds is 4. The molecule has 0 fully saturated rings. The van der Waals surface area contributed by atoms with Crippen molar-refractivity contribution in [3.63, 3.8) is 0 Å². The minimum Gasteiger partial charge on any atom is -0.492 e. The number of alkyl halides is 3. The maximum atomic E-state index is 13.9. The van der Waals surface area contributed by atoms with Gasteiger partial charge in [0.25, 0.3) is 0 Å². The lowest BCUT2D eigenvalue weighted by molar-refractivity contribution is -0.141. The van der Waals surface area contributed by atoms with Gasteiger partial charge in [-0.1, -0.05) is 0 Å². The fraction of sp³-hybridized carbons (Fsp3) is 0.440. The molecule has 0 radical (unpaired) electrons. The first-order chi connectivity index (χ1) is 17.3. The van der Waals surface area contributed by atoms with Gasteiger partial charge in [-0.05, 0) is 45.4 Å². The fourth-order valence-corrected chi connectivity index (χ4v) is 4.06. The van der Waals surface area contributed by atoms with E-state index in [2.05, 4.69) is 10.1 Å². The summed E-state index contributed by atoms with van der Waals surface area (Å²) in [4.78, 5) is 29.1. The number of hydrogen-bond donors (Lipinski definition) is 0. The summed E-state index contributed by atoms with van der Waals surface area (Å²) in [6.07, 6.45) is -0.692. The first-order valence-electron chi connectivity index (χ1n) is 11.7. The molecule has 4 rings (SSSR count). The molecule has 0 aliphatic carbocycles. The van der Waals surface area contributed by atoms with Gasteiger partial charge in [0.2, 0.25) is 5.62 Å². The number of nitrogens with zero attached hydrogens (tertiary/aromatic N) is 5. The number of ketones is 1. The van der Waals surface area contributed by atoms with E-state index in [0.29, 0.717) is 5.56 Å². The van der Waals surface area contributed by atoms with Gasteiger partial charge >= 0.3 is 12.3 Å². The van der Waals surface area contributed by atoms with Crippen LogP contribution < -0.4 is 10.4 Å². The lowest BCUT2D eigenvalue weighted by Gasteiger charge is -2.21. The van der Waals surface area contributed by atoms with Crippen molar-refractivity contribution in [1.29, 1.82) is 0 Å². The molecule has 12 heteroatoms. The van der Waals surface area contributed by atoms with Gasteiger partial charge in [-0.25, -0.2) is 4.79 Å². The maximum Gasteiger partial charge on any atom is 0.437 e. The molecule has 0 N–H and O–H groups in total. The van der Waals surface area contributed by atoms with Crippen LogP contribution in [0.3, 0.4) is 0 Å². The normalized spacial score (nSPS) is 14.5. The van der Waals surface area contributed by atoms with E-state index in [1.54, 1.807) is 68.4 Å². The minimum atomic E-state index is -4.70. The van der Waals surface area contributed by atoms with E-state index < -0.39 is 23.6 Å². The van der Waals surface area contributed by atoms with Crippen LogP contribution in [0, 0.1) is 0 Å². The van der Waals surface area contributed by atoms with E-state index in [1.165, 1.54) is 10.9 Å². The summed E-state index contributed by atoms with van der Waals surface area (Å²) in [6, 6.07) is 3.16. The second-order valence-electron chi connectivity index (χ2n) is 9.72. The van der Waals surface area contributed by atoms with Crippen LogP contribution in [0.5, 0.6) is 5.75 Å². The Hall–Kier alpha value is -3.83. The van der Waals surface area contributed by atoms with Gasteiger partial charge in [-0.2, -0.15) is 18.3 Å². The average Bonchev–Trinajstić information content (AvgIpc) is 3.37. The van der Waals surface area contributed by atoms with E-state index in [9.17, 15) is 22.8 Å². The second kappa shape index (κ2) is 9.56. The first kappa shape index (κ1) is 26.2. The van der Waals surface area contributed by atoms with Crippen molar-refractivity contribution in [2.24, 2.45) is 12.0 Å². The summed E-state index contributed by atoms with van der Waals surface area (Å²) in [5.41, 5.74) is -0.813. The molecule has 0 bridgehead atoms. The molecule has 1 aliphatic rings. The number of aromatic nitrogens is 4. The number of aryl methyl sites for hydroxylation is 2. The van der Waals surface area contributed by atoms with Crippen molar-refractivity contribution in [3.05, 3.63) is 53.2 Å². The maximum absolute atomic E-state index is 13.9. The van der Waals surface area contributed by atoms with E-state index in [-0.39, 0.29) is 60.0 Å². The van der Waals surface area contributed by atoms with Crippen molar-refractivity contribution >= 4 is 11.9 Å². The predicted molar refractivity (Wildman–Crippen MR) is 127 cm³/mol. The standard InChI is InChI=1S/C25H28F3N5O4/c1-6-33-14-18(21(30-33)25(26,27)28)16-11-15(12-17-19(34)7-10-36-20(16)17)13-32-9-8-31(5)22(32)29-23(35)37-24(2,3)4/h8-9,11-12,14H,6-7,10,13H2,1-5H3. The number of amides is 1. The summed E-state index contributed by atoms with van der Waals surface area (Å²) in [5.74, 6) is -0.115. The Morgan fingerprint density at radius 2 is 1.86 bits per heavy atom. The molecule has 0 unspecified atom stereocenters. The molecule has 3 heterocycles. The van der Waals surface area contributed by atoms with Crippen LogP contribution in [-0.2, 0) is 31.1 Å². The zero-order valence-corrected chi connectivity index (χ0v) is 21.2. The number of halogens is 3. The second-order valence-corrected chi connectivity index (χ2v) is 9.72. The van der Waals surface area contributed by atoms with Crippen LogP contribution in [0.2, 0.25) is 0 Å². The van der Waals surface area contributed by atoms with E-state index in [0.717, 1.165) is 0 Å². The molecule has 0 saturated heterocycles. The molecule has 0 atom stereocenters. The Balaban J connectivity index is 1.84. The summed E-state index contributed by atoms with van der Waals surface area (Å²) in [6.45, 7) is 7.30. The Kier molecular flexibility index (Phi) is 6.78. The van der Waals surface area contributed by atoms with Crippen LogP contribution in [0.15, 0.2) is 35.7 Å². The number of hydrogen-bond acceptors (Lipinski definition) is 5. The van der Waals surface area contributed by atoms with Crippen LogP contribution in [0.4, 0.5) is 18.0 Å². The molecule has 198 valence electrons. The zero-order chi connectivity index (χ0) is 27.1. The number of carbonyl (C=O) groups is 2. The van der Waals surface area contributed by atoms with Gasteiger partial charge < -0.3 is 18.6 Å². The number of fused-ring (bicyclic) bond motifs is 1. The van der Waals surface area contributed by atoms with Crippen molar-refractivity contribution in [1.82, 2.24) is 18.9 Å². The molecule has 3 aromatic rings. The highest BCUT2D eigenvalue weighted by atomic mass is 19.4. The van der Waals surface area contributed by atoms with Crippen LogP contribution in [0.25, 0.3) is 11.1 Å². The SMILES string of the molecule is CCn1cc(-c2cc(Cn3ccn(C)c3=NC(=O)OC(C)(C)C)cc3c2OCCC3=O)c(C(F)(F)F)n1. The highest BCUT2D eigenvalue weighted by molar-refractivity contribution is 6.02. The van der Waals surface area contributed by atoms with Gasteiger partial charge in [0, 0.05) is 49.7 Å². The van der Waals surface area contributed by atoms with Crippen molar-refractivity contribution < 1.29 is 32.2 Å². The van der Waals surface area contributed by atoms with E-state index in [1.807, 2.05) is 0 Å². The number of Topliss-reactive ketones (excluding diaryl/α,β-unsaturated/α-hetero) is 1. The molecule has 2 aromatic heterocycles. The molecule has 37 heavy (non-hydrogen) atoms. The van der Waals surface area contributed by atoms with Crippen molar-refractivity contribution in [2.75, 3.05) is 6.61 Å². The predicted octanol–water partition coefficient (Wildman–Crippen LogP) is 4.58. The Labute approximate surface area is 211 Å². The monoisotopic (exact) mass is 519 g/mol. The van der Waals surface area contributed by atoms with Crippen molar-refractivity contribution in [3.8, 4) is 16.9 Å². The molecule has 1 amide bonds. The molecule has 1 aliphatic heterocycles. The van der Waals surface area contributed by atoms with Gasteiger partial charge in [0.15, 0.2) is 11.5 Å². The summed E-state index contributed by atoms with van der Waals surface area (Å²) >= 11 is 0. The molecule has 1 aromatic carbocycles. The van der Waals surface area contributed by atoms with E-state index >= 15 is 0 Å². The van der Waals surface area contributed by atoms with Crippen LogP contribution >= 0.6 is 0 Å². The van der Waals surface area contributed by atoms with Gasteiger partial charge in [0.1, 0.15) is 11.4 Å². The number of ether oxygens (including phenoxy) is 2. The quantitative estimate of drug-likeness (QED) is 0.503. The molecule has 9 nitrogen and oxygen atoms in total. The lowest BCUT2D eigenvalue weighted by atomic mass is 9.94. The Morgan fingerprint density at radius 1 is 1.16 bits per heavy atom. The lowest BCUT2D eigenvalue weighted by Crippen LogP contribution is -2.29. The fourth-order valence-electron chi connectivity index (χ4n) is 4.06. The van der Waals surface area contributed by atoms with Gasteiger partial charge in [-0.15, -0.1) is 4.99 Å². The Bertz CT molecular complexity index is 1420. The number of imidazole rings is 1. The first-order valence-corrected chi connectivity index (χ1v) is 11.7. The summed E-state index contributed by atoms with van der Waals surface area (Å²) < 4.78 is 57.1. The van der Waals surface area contributed by atoms with Crippen LogP contribution in [-0.4, -0.2) is 43.0 Å². The van der Waals surface area contributed by atoms with Gasteiger partial charge in [-0.3, -0.25) is 9.48 Å².